The number of hydrogen-bond donors (Lipinski definition) is 1. The van der Waals surface area contributed by atoms with Crippen LogP contribution in [0.5, 0.6) is 0 Å². The van der Waals surface area contributed by atoms with Crippen molar-refractivity contribution in [1.29, 1.82) is 0 Å². The Morgan fingerprint density at radius 2 is 1.52 bits per heavy atom. The maximum absolute atomic E-state index is 12.7. The van der Waals surface area contributed by atoms with E-state index >= 15 is 0 Å². The molecule has 1 N–H and O–H groups in total. The molecule has 1 aliphatic rings. The van der Waals surface area contributed by atoms with Gasteiger partial charge < -0.3 is 9.84 Å². The largest absolute Gasteiger partial charge is 0.480 e. The molecule has 0 radical (unpaired) electrons. The Kier molecular flexibility index (Phi) is 5.51. The van der Waals surface area contributed by atoms with Crippen molar-refractivity contribution in [2.75, 3.05) is 32.8 Å². The molecule has 0 amide bonds. The molecule has 132 valence electrons. The Labute approximate surface area is 149 Å². The lowest BCUT2D eigenvalue weighted by Gasteiger charge is -2.39. The summed E-state index contributed by atoms with van der Waals surface area (Å²) in [7, 11) is 0. The van der Waals surface area contributed by atoms with Crippen LogP contribution in [0.25, 0.3) is 0 Å². The third kappa shape index (κ3) is 3.46. The summed E-state index contributed by atoms with van der Waals surface area (Å²) in [4.78, 5) is 15.0. The summed E-state index contributed by atoms with van der Waals surface area (Å²) >= 11 is 0. The number of nitrogens with zero attached hydrogens (tertiary/aromatic N) is 1. The number of morpholine rings is 1. The molecule has 4 heteroatoms. The summed E-state index contributed by atoms with van der Waals surface area (Å²) < 4.78 is 5.43. The fraction of sp³-hybridized carbons (Fsp3) is 0.381. The van der Waals surface area contributed by atoms with Gasteiger partial charge in [0.2, 0.25) is 0 Å². The first-order valence-electron chi connectivity index (χ1n) is 8.80. The minimum atomic E-state index is -1.07. The molecule has 0 bridgehead atoms. The van der Waals surface area contributed by atoms with Crippen LogP contribution in [0.4, 0.5) is 0 Å². The highest BCUT2D eigenvalue weighted by molar-refractivity contribution is 5.86. The number of aliphatic carboxylic acids is 1. The van der Waals surface area contributed by atoms with Crippen molar-refractivity contribution in [1.82, 2.24) is 4.90 Å². The van der Waals surface area contributed by atoms with Crippen LogP contribution in [0.1, 0.15) is 18.1 Å². The van der Waals surface area contributed by atoms with Gasteiger partial charge in [0.15, 0.2) is 0 Å². The van der Waals surface area contributed by atoms with Crippen molar-refractivity contribution in [2.45, 2.75) is 12.3 Å². The Bertz CT molecular complexity index is 641. The Morgan fingerprint density at radius 3 is 1.96 bits per heavy atom. The van der Waals surface area contributed by atoms with E-state index in [1.54, 1.807) is 0 Å². The zero-order valence-electron chi connectivity index (χ0n) is 14.6. The molecule has 25 heavy (non-hydrogen) atoms. The number of rotatable bonds is 6. The van der Waals surface area contributed by atoms with E-state index in [0.717, 1.165) is 30.8 Å². The molecule has 4 nitrogen and oxygen atoms in total. The molecule has 0 aromatic heterocycles. The number of carboxylic acids is 1. The first-order chi connectivity index (χ1) is 12.2. The van der Waals surface area contributed by atoms with E-state index in [2.05, 4.69) is 4.90 Å². The molecule has 1 atom stereocenters. The summed E-state index contributed by atoms with van der Waals surface area (Å²) in [5, 5.41) is 10.4. The van der Waals surface area contributed by atoms with E-state index in [1.807, 2.05) is 67.6 Å². The first kappa shape index (κ1) is 17.6. The molecule has 0 spiro atoms. The molecule has 1 fully saturated rings. The van der Waals surface area contributed by atoms with E-state index in [-0.39, 0.29) is 5.92 Å². The highest BCUT2D eigenvalue weighted by Crippen LogP contribution is 2.40. The van der Waals surface area contributed by atoms with Gasteiger partial charge in [0.05, 0.1) is 13.2 Å². The second-order valence-electron chi connectivity index (χ2n) is 6.66. The van der Waals surface area contributed by atoms with Crippen molar-refractivity contribution in [3.8, 4) is 0 Å². The maximum Gasteiger partial charge on any atom is 0.318 e. The van der Waals surface area contributed by atoms with Gasteiger partial charge in [-0.05, 0) is 17.0 Å². The van der Waals surface area contributed by atoms with Crippen LogP contribution in [-0.4, -0.2) is 48.8 Å². The standard InChI is InChI=1S/C21H25NO3/c1-17(16-22-12-14-25-15-13-22)21(20(23)24,18-8-4-2-5-9-18)19-10-6-3-7-11-19/h2-11,17H,12-16H2,1H3,(H,23,24)/t17-/m0/s1. The minimum Gasteiger partial charge on any atom is -0.480 e. The first-order valence-corrected chi connectivity index (χ1v) is 8.80. The highest BCUT2D eigenvalue weighted by atomic mass is 16.5. The van der Waals surface area contributed by atoms with Crippen LogP contribution in [-0.2, 0) is 14.9 Å². The zero-order valence-corrected chi connectivity index (χ0v) is 14.6. The number of carbonyl (C=O) groups is 1. The van der Waals surface area contributed by atoms with Gasteiger partial charge in [-0.3, -0.25) is 9.69 Å². The van der Waals surface area contributed by atoms with Crippen molar-refractivity contribution >= 4 is 5.97 Å². The molecule has 3 rings (SSSR count). The fourth-order valence-electron chi connectivity index (χ4n) is 3.90. The van der Waals surface area contributed by atoms with E-state index in [9.17, 15) is 9.90 Å². The van der Waals surface area contributed by atoms with Gasteiger partial charge in [-0.2, -0.15) is 0 Å². The van der Waals surface area contributed by atoms with Crippen molar-refractivity contribution in [3.05, 3.63) is 71.8 Å². The molecule has 1 saturated heterocycles. The Morgan fingerprint density at radius 1 is 1.04 bits per heavy atom. The fourth-order valence-corrected chi connectivity index (χ4v) is 3.90. The molecule has 2 aromatic carbocycles. The lowest BCUT2D eigenvalue weighted by molar-refractivity contribution is -0.144. The van der Waals surface area contributed by atoms with E-state index in [4.69, 9.17) is 4.74 Å². The van der Waals surface area contributed by atoms with Crippen molar-refractivity contribution < 1.29 is 14.6 Å². The molecule has 0 unspecified atom stereocenters. The lowest BCUT2D eigenvalue weighted by Crippen LogP contribution is -2.49. The van der Waals surface area contributed by atoms with E-state index < -0.39 is 11.4 Å². The summed E-state index contributed by atoms with van der Waals surface area (Å²) in [6.45, 7) is 5.89. The normalized spacial score (nSPS) is 17.2. The van der Waals surface area contributed by atoms with Gasteiger partial charge in [0.25, 0.3) is 0 Å². The van der Waals surface area contributed by atoms with Crippen LogP contribution >= 0.6 is 0 Å². The lowest BCUT2D eigenvalue weighted by atomic mass is 9.66. The van der Waals surface area contributed by atoms with Crippen LogP contribution in [0.2, 0.25) is 0 Å². The van der Waals surface area contributed by atoms with Crippen molar-refractivity contribution in [3.63, 3.8) is 0 Å². The third-order valence-corrected chi connectivity index (χ3v) is 5.17. The average Bonchev–Trinajstić information content (AvgIpc) is 2.65. The van der Waals surface area contributed by atoms with Crippen molar-refractivity contribution in [2.24, 2.45) is 5.92 Å². The van der Waals surface area contributed by atoms with E-state index in [0.29, 0.717) is 13.2 Å². The molecule has 1 aliphatic heterocycles. The number of hydrogen-bond acceptors (Lipinski definition) is 3. The smallest absolute Gasteiger partial charge is 0.318 e. The number of ether oxygens (including phenoxy) is 1. The van der Waals surface area contributed by atoms with Gasteiger partial charge in [0.1, 0.15) is 5.41 Å². The average molecular weight is 339 g/mol. The summed E-state index contributed by atoms with van der Waals surface area (Å²) in [6.07, 6.45) is 0. The Hall–Kier alpha value is -2.17. The SMILES string of the molecule is C[C@@H](CN1CCOCC1)C(C(=O)O)(c1ccccc1)c1ccccc1. The molecular weight excluding hydrogens is 314 g/mol. The molecular formula is C21H25NO3. The predicted molar refractivity (Wildman–Crippen MR) is 97.7 cm³/mol. The summed E-state index contributed by atoms with van der Waals surface area (Å²) in [5.74, 6) is -0.890. The summed E-state index contributed by atoms with van der Waals surface area (Å²) in [6, 6.07) is 19.2. The maximum atomic E-state index is 12.7. The monoisotopic (exact) mass is 339 g/mol. The highest BCUT2D eigenvalue weighted by Gasteiger charge is 2.47. The third-order valence-electron chi connectivity index (χ3n) is 5.17. The van der Waals surface area contributed by atoms with Gasteiger partial charge in [0, 0.05) is 19.6 Å². The molecule has 2 aromatic rings. The van der Waals surface area contributed by atoms with Crippen LogP contribution < -0.4 is 0 Å². The number of benzene rings is 2. The quantitative estimate of drug-likeness (QED) is 0.879. The summed E-state index contributed by atoms with van der Waals surface area (Å²) in [5.41, 5.74) is 0.588. The van der Waals surface area contributed by atoms with Crippen LogP contribution in [0, 0.1) is 5.92 Å². The van der Waals surface area contributed by atoms with Gasteiger partial charge in [-0.25, -0.2) is 0 Å². The van der Waals surface area contributed by atoms with Gasteiger partial charge in [-0.1, -0.05) is 67.6 Å². The second kappa shape index (κ2) is 7.81. The Balaban J connectivity index is 2.05. The van der Waals surface area contributed by atoms with Crippen LogP contribution in [0.3, 0.4) is 0 Å². The van der Waals surface area contributed by atoms with Crippen LogP contribution in [0.15, 0.2) is 60.7 Å². The number of carboxylic acid groups (broad SMARTS) is 1. The zero-order chi connectivity index (χ0) is 17.7. The molecule has 0 aliphatic carbocycles. The second-order valence-corrected chi connectivity index (χ2v) is 6.66. The van der Waals surface area contributed by atoms with Gasteiger partial charge in [-0.15, -0.1) is 0 Å². The minimum absolute atomic E-state index is 0.0899. The molecule has 1 heterocycles. The van der Waals surface area contributed by atoms with E-state index in [1.165, 1.54) is 0 Å². The predicted octanol–water partition coefficient (Wildman–Crippen LogP) is 3.03. The molecule has 0 saturated carbocycles. The topological polar surface area (TPSA) is 49.8 Å². The van der Waals surface area contributed by atoms with Gasteiger partial charge >= 0.3 is 5.97 Å².